The Morgan fingerprint density at radius 1 is 1.56 bits per heavy atom. The number of nitrogens with one attached hydrogen (secondary N) is 1. The van der Waals surface area contributed by atoms with Crippen LogP contribution >= 0.6 is 11.3 Å². The number of hydrogen-bond acceptors (Lipinski definition) is 4. The minimum atomic E-state index is -0.0312. The first-order chi connectivity index (χ1) is 8.56. The molecule has 0 aromatic carbocycles. The Balaban J connectivity index is 1.85. The summed E-state index contributed by atoms with van der Waals surface area (Å²) in [4.78, 5) is 13.8. The molecule has 2 rings (SSSR count). The van der Waals surface area contributed by atoms with Crippen LogP contribution in [-0.4, -0.2) is 22.2 Å². The molecule has 0 aliphatic carbocycles. The van der Waals surface area contributed by atoms with Gasteiger partial charge in [0, 0.05) is 17.6 Å². The Bertz CT molecular complexity index is 539. The van der Waals surface area contributed by atoms with E-state index in [2.05, 4.69) is 10.4 Å². The summed E-state index contributed by atoms with van der Waals surface area (Å²) in [6.45, 7) is 5.18. The number of thiophene rings is 1. The van der Waals surface area contributed by atoms with Crippen molar-refractivity contribution in [2.45, 2.75) is 20.4 Å². The van der Waals surface area contributed by atoms with Crippen LogP contribution in [0.15, 0.2) is 18.5 Å². The van der Waals surface area contributed by atoms with Crippen molar-refractivity contribution in [1.29, 1.82) is 0 Å². The SMILES string of the molecule is Cc1cc(C(=O)NCCn2cc(N)cn2)sc1C. The molecule has 0 aliphatic heterocycles. The van der Waals surface area contributed by atoms with E-state index in [0.717, 1.165) is 10.4 Å². The van der Waals surface area contributed by atoms with E-state index in [1.807, 2.05) is 19.9 Å². The van der Waals surface area contributed by atoms with Crippen molar-refractivity contribution in [3.05, 3.63) is 33.8 Å². The fraction of sp³-hybridized carbons (Fsp3) is 0.333. The normalized spacial score (nSPS) is 10.6. The Kier molecular flexibility index (Phi) is 3.66. The zero-order valence-electron chi connectivity index (χ0n) is 10.4. The maximum absolute atomic E-state index is 11.9. The maximum atomic E-state index is 11.9. The molecule has 0 radical (unpaired) electrons. The Labute approximate surface area is 110 Å². The fourth-order valence-corrected chi connectivity index (χ4v) is 2.51. The topological polar surface area (TPSA) is 72.9 Å². The Morgan fingerprint density at radius 2 is 2.33 bits per heavy atom. The summed E-state index contributed by atoms with van der Waals surface area (Å²) in [7, 11) is 0. The third-order valence-electron chi connectivity index (χ3n) is 2.67. The van der Waals surface area contributed by atoms with Gasteiger partial charge in [0.05, 0.1) is 23.3 Å². The van der Waals surface area contributed by atoms with Crippen LogP contribution in [0.5, 0.6) is 0 Å². The molecule has 0 aliphatic rings. The molecular formula is C12H16N4OS. The van der Waals surface area contributed by atoms with E-state index < -0.39 is 0 Å². The number of nitrogen functional groups attached to an aromatic ring is 1. The summed E-state index contributed by atoms with van der Waals surface area (Å²) >= 11 is 1.52. The molecule has 1 amide bonds. The monoisotopic (exact) mass is 264 g/mol. The number of anilines is 1. The van der Waals surface area contributed by atoms with Crippen LogP contribution in [0.4, 0.5) is 5.69 Å². The molecule has 5 nitrogen and oxygen atoms in total. The molecule has 0 spiro atoms. The Hall–Kier alpha value is -1.82. The molecule has 2 heterocycles. The Morgan fingerprint density at radius 3 is 2.89 bits per heavy atom. The van der Waals surface area contributed by atoms with Crippen LogP contribution < -0.4 is 11.1 Å². The van der Waals surface area contributed by atoms with E-state index in [4.69, 9.17) is 5.73 Å². The van der Waals surface area contributed by atoms with Gasteiger partial charge >= 0.3 is 0 Å². The number of aryl methyl sites for hydroxylation is 2. The minimum absolute atomic E-state index is 0.0312. The molecule has 0 bridgehead atoms. The lowest BCUT2D eigenvalue weighted by Gasteiger charge is -2.03. The molecule has 0 unspecified atom stereocenters. The van der Waals surface area contributed by atoms with Gasteiger partial charge < -0.3 is 11.1 Å². The number of carbonyl (C=O) groups is 1. The molecule has 0 atom stereocenters. The van der Waals surface area contributed by atoms with Gasteiger partial charge in [-0.1, -0.05) is 0 Å². The molecule has 2 aromatic heterocycles. The molecule has 18 heavy (non-hydrogen) atoms. The number of carbonyl (C=O) groups excluding carboxylic acids is 1. The molecule has 3 N–H and O–H groups in total. The van der Waals surface area contributed by atoms with Crippen molar-refractivity contribution in [3.8, 4) is 0 Å². The van der Waals surface area contributed by atoms with Gasteiger partial charge in [-0.2, -0.15) is 5.10 Å². The molecule has 0 fully saturated rings. The van der Waals surface area contributed by atoms with E-state index in [1.165, 1.54) is 16.2 Å². The average Bonchev–Trinajstić information content (AvgIpc) is 2.87. The lowest BCUT2D eigenvalue weighted by Crippen LogP contribution is -2.26. The summed E-state index contributed by atoms with van der Waals surface area (Å²) in [5.41, 5.74) is 7.34. The summed E-state index contributed by atoms with van der Waals surface area (Å²) in [5.74, 6) is -0.0312. The highest BCUT2D eigenvalue weighted by atomic mass is 32.1. The van der Waals surface area contributed by atoms with E-state index in [-0.39, 0.29) is 5.91 Å². The van der Waals surface area contributed by atoms with Gasteiger partial charge in [0.15, 0.2) is 0 Å². The zero-order chi connectivity index (χ0) is 13.1. The molecule has 6 heteroatoms. The number of nitrogens with zero attached hydrogens (tertiary/aromatic N) is 2. The molecule has 0 saturated carbocycles. The highest BCUT2D eigenvalue weighted by Crippen LogP contribution is 2.20. The second kappa shape index (κ2) is 5.22. The van der Waals surface area contributed by atoms with Crippen molar-refractivity contribution in [1.82, 2.24) is 15.1 Å². The quantitative estimate of drug-likeness (QED) is 0.880. The van der Waals surface area contributed by atoms with E-state index >= 15 is 0 Å². The standard InChI is InChI=1S/C12H16N4OS/c1-8-5-11(18-9(8)2)12(17)14-3-4-16-7-10(13)6-15-16/h5-7H,3-4,13H2,1-2H3,(H,14,17). The molecule has 2 aromatic rings. The second-order valence-corrected chi connectivity index (χ2v) is 5.40. The number of amides is 1. The highest BCUT2D eigenvalue weighted by Gasteiger charge is 2.09. The van der Waals surface area contributed by atoms with Crippen LogP contribution in [0.25, 0.3) is 0 Å². The number of nitrogens with two attached hydrogens (primary N) is 1. The lowest BCUT2D eigenvalue weighted by molar-refractivity contribution is 0.0956. The summed E-state index contributed by atoms with van der Waals surface area (Å²) in [5, 5.41) is 6.91. The van der Waals surface area contributed by atoms with Crippen molar-refractivity contribution in [2.24, 2.45) is 0 Å². The van der Waals surface area contributed by atoms with Crippen molar-refractivity contribution in [3.63, 3.8) is 0 Å². The predicted molar refractivity (Wildman–Crippen MR) is 72.8 cm³/mol. The maximum Gasteiger partial charge on any atom is 0.261 e. The molecule has 0 saturated heterocycles. The van der Waals surface area contributed by atoms with Crippen molar-refractivity contribution < 1.29 is 4.79 Å². The van der Waals surface area contributed by atoms with E-state index in [9.17, 15) is 4.79 Å². The summed E-state index contributed by atoms with van der Waals surface area (Å²) in [6.07, 6.45) is 3.33. The third-order valence-corrected chi connectivity index (χ3v) is 3.82. The van der Waals surface area contributed by atoms with Gasteiger partial charge in [-0.05, 0) is 25.5 Å². The average molecular weight is 264 g/mol. The largest absolute Gasteiger partial charge is 0.396 e. The van der Waals surface area contributed by atoms with Crippen LogP contribution in [0, 0.1) is 13.8 Å². The van der Waals surface area contributed by atoms with Crippen LogP contribution in [0.3, 0.4) is 0 Å². The molecule has 96 valence electrons. The van der Waals surface area contributed by atoms with Gasteiger partial charge in [0.1, 0.15) is 0 Å². The van der Waals surface area contributed by atoms with Gasteiger partial charge in [0.2, 0.25) is 0 Å². The minimum Gasteiger partial charge on any atom is -0.396 e. The van der Waals surface area contributed by atoms with E-state index in [0.29, 0.717) is 18.8 Å². The van der Waals surface area contributed by atoms with Crippen LogP contribution in [0.2, 0.25) is 0 Å². The second-order valence-electron chi connectivity index (χ2n) is 4.14. The van der Waals surface area contributed by atoms with Gasteiger partial charge in [0.25, 0.3) is 5.91 Å². The third kappa shape index (κ3) is 2.89. The summed E-state index contributed by atoms with van der Waals surface area (Å²) < 4.78 is 1.71. The van der Waals surface area contributed by atoms with E-state index in [1.54, 1.807) is 17.1 Å². The van der Waals surface area contributed by atoms with Gasteiger partial charge in [-0.25, -0.2) is 0 Å². The fourth-order valence-electron chi connectivity index (χ4n) is 1.56. The molecular weight excluding hydrogens is 248 g/mol. The number of rotatable bonds is 4. The lowest BCUT2D eigenvalue weighted by atomic mass is 10.3. The van der Waals surface area contributed by atoms with Crippen molar-refractivity contribution in [2.75, 3.05) is 12.3 Å². The van der Waals surface area contributed by atoms with Crippen LogP contribution in [-0.2, 0) is 6.54 Å². The highest BCUT2D eigenvalue weighted by molar-refractivity contribution is 7.14. The smallest absolute Gasteiger partial charge is 0.261 e. The van der Waals surface area contributed by atoms with Crippen LogP contribution in [0.1, 0.15) is 20.1 Å². The number of hydrogen-bond donors (Lipinski definition) is 2. The van der Waals surface area contributed by atoms with Gasteiger partial charge in [-0.15, -0.1) is 11.3 Å². The first kappa shape index (κ1) is 12.6. The summed E-state index contributed by atoms with van der Waals surface area (Å²) in [6, 6.07) is 1.92. The first-order valence-corrected chi connectivity index (χ1v) is 6.51. The van der Waals surface area contributed by atoms with Crippen molar-refractivity contribution >= 4 is 22.9 Å². The predicted octanol–water partition coefficient (Wildman–Crippen LogP) is 1.57. The zero-order valence-corrected chi connectivity index (χ0v) is 11.3. The first-order valence-electron chi connectivity index (χ1n) is 5.69. The van der Waals surface area contributed by atoms with Gasteiger partial charge in [-0.3, -0.25) is 9.48 Å². The number of aromatic nitrogens is 2.